The third kappa shape index (κ3) is 7.37. The number of aliphatic hydroxyl groups excluding tert-OH is 1. The van der Waals surface area contributed by atoms with E-state index in [4.69, 9.17) is 9.47 Å². The lowest BCUT2D eigenvalue weighted by molar-refractivity contribution is -0.117. The first kappa shape index (κ1) is 23.8. The molecule has 1 aliphatic rings. The van der Waals surface area contributed by atoms with Crippen LogP contribution < -0.4 is 14.8 Å². The van der Waals surface area contributed by atoms with Crippen molar-refractivity contribution in [1.29, 1.82) is 0 Å². The molecule has 1 amide bonds. The van der Waals surface area contributed by atoms with E-state index in [-0.39, 0.29) is 12.5 Å². The van der Waals surface area contributed by atoms with Crippen molar-refractivity contribution in [2.45, 2.75) is 13.0 Å². The van der Waals surface area contributed by atoms with E-state index < -0.39 is 6.10 Å². The maximum absolute atomic E-state index is 12.2. The summed E-state index contributed by atoms with van der Waals surface area (Å²) in [5.74, 6) is 1.26. The van der Waals surface area contributed by atoms with Crippen molar-refractivity contribution in [2.24, 2.45) is 0 Å². The summed E-state index contributed by atoms with van der Waals surface area (Å²) >= 11 is 0. The van der Waals surface area contributed by atoms with Gasteiger partial charge in [-0.3, -0.25) is 14.6 Å². The number of hydrogen-bond acceptors (Lipinski definition) is 6. The molecular weight excluding hydrogens is 406 g/mol. The number of methoxy groups -OCH3 is 1. The summed E-state index contributed by atoms with van der Waals surface area (Å²) in [6.07, 6.45) is 3.35. The highest BCUT2D eigenvalue weighted by atomic mass is 16.5. The number of ether oxygens (including phenoxy) is 2. The molecule has 0 radical (unpaired) electrons. The van der Waals surface area contributed by atoms with Crippen molar-refractivity contribution in [1.82, 2.24) is 9.80 Å². The van der Waals surface area contributed by atoms with Crippen molar-refractivity contribution >= 4 is 17.7 Å². The van der Waals surface area contributed by atoms with Crippen LogP contribution in [0, 0.1) is 0 Å². The second-order valence-corrected chi connectivity index (χ2v) is 7.87. The molecule has 172 valence electrons. The molecule has 0 saturated carbocycles. The van der Waals surface area contributed by atoms with Crippen LogP contribution in [-0.4, -0.2) is 79.9 Å². The number of benzene rings is 2. The number of allylic oxidation sites excluding steroid dienone is 1. The van der Waals surface area contributed by atoms with E-state index in [9.17, 15) is 9.90 Å². The van der Waals surface area contributed by atoms with E-state index in [0.29, 0.717) is 24.6 Å². The molecule has 1 heterocycles. The van der Waals surface area contributed by atoms with Gasteiger partial charge >= 0.3 is 0 Å². The molecule has 2 aromatic rings. The first-order valence-electron chi connectivity index (χ1n) is 11.0. The van der Waals surface area contributed by atoms with E-state index >= 15 is 0 Å². The maximum Gasteiger partial charge on any atom is 0.238 e. The van der Waals surface area contributed by atoms with Gasteiger partial charge < -0.3 is 19.9 Å². The van der Waals surface area contributed by atoms with Crippen LogP contribution in [0.2, 0.25) is 0 Å². The summed E-state index contributed by atoms with van der Waals surface area (Å²) in [7, 11) is 1.61. The van der Waals surface area contributed by atoms with Crippen LogP contribution in [0.3, 0.4) is 0 Å². The van der Waals surface area contributed by atoms with Gasteiger partial charge in [-0.15, -0.1) is 0 Å². The minimum atomic E-state index is -0.608. The van der Waals surface area contributed by atoms with Crippen LogP contribution in [-0.2, 0) is 4.79 Å². The number of para-hydroxylation sites is 1. The summed E-state index contributed by atoms with van der Waals surface area (Å²) in [6, 6.07) is 15.2. The molecule has 1 aliphatic heterocycles. The predicted molar refractivity (Wildman–Crippen MR) is 127 cm³/mol. The lowest BCUT2D eigenvalue weighted by Gasteiger charge is -2.35. The van der Waals surface area contributed by atoms with E-state index in [1.54, 1.807) is 7.11 Å². The highest BCUT2D eigenvalue weighted by molar-refractivity contribution is 5.92. The van der Waals surface area contributed by atoms with Crippen LogP contribution in [0.25, 0.3) is 6.08 Å². The summed E-state index contributed by atoms with van der Waals surface area (Å²) in [5, 5.41) is 13.4. The van der Waals surface area contributed by atoms with Crippen molar-refractivity contribution in [2.75, 3.05) is 58.3 Å². The van der Waals surface area contributed by atoms with Gasteiger partial charge in [0.2, 0.25) is 5.91 Å². The Morgan fingerprint density at radius 1 is 1.09 bits per heavy atom. The third-order valence-electron chi connectivity index (χ3n) is 5.34. The Labute approximate surface area is 190 Å². The molecule has 3 rings (SSSR count). The van der Waals surface area contributed by atoms with Gasteiger partial charge in [-0.2, -0.15) is 0 Å². The largest absolute Gasteiger partial charge is 0.493 e. The summed E-state index contributed by atoms with van der Waals surface area (Å²) in [4.78, 5) is 16.6. The molecular formula is C25H33N3O4. The number of anilines is 1. The molecule has 1 fully saturated rings. The quantitative estimate of drug-likeness (QED) is 0.593. The lowest BCUT2D eigenvalue weighted by atomic mass is 10.2. The van der Waals surface area contributed by atoms with Gasteiger partial charge in [-0.1, -0.05) is 36.4 Å². The summed E-state index contributed by atoms with van der Waals surface area (Å²) in [5.41, 5.74) is 1.85. The fourth-order valence-corrected chi connectivity index (χ4v) is 3.69. The molecule has 2 N–H and O–H groups in total. The zero-order valence-electron chi connectivity index (χ0n) is 18.9. The molecule has 32 heavy (non-hydrogen) atoms. The van der Waals surface area contributed by atoms with Crippen LogP contribution >= 0.6 is 0 Å². The normalized spacial score (nSPS) is 16.1. The van der Waals surface area contributed by atoms with E-state index in [0.717, 1.165) is 37.4 Å². The fraction of sp³-hybridized carbons (Fsp3) is 0.400. The first-order chi connectivity index (χ1) is 15.6. The Hall–Kier alpha value is -2.87. The number of carbonyl (C=O) groups is 1. The molecule has 1 unspecified atom stereocenters. The molecule has 7 nitrogen and oxygen atoms in total. The summed E-state index contributed by atoms with van der Waals surface area (Å²) in [6.45, 7) is 6.24. The maximum atomic E-state index is 12.2. The summed E-state index contributed by atoms with van der Waals surface area (Å²) < 4.78 is 11.2. The van der Waals surface area contributed by atoms with Crippen molar-refractivity contribution in [3.05, 3.63) is 60.2 Å². The van der Waals surface area contributed by atoms with Gasteiger partial charge in [0.05, 0.1) is 13.7 Å². The molecule has 0 aromatic heterocycles. The smallest absolute Gasteiger partial charge is 0.238 e. The number of amides is 1. The number of β-amino-alcohol motifs (C(OH)–C–C–N with tert-alkyl or cyclic N) is 1. The van der Waals surface area contributed by atoms with Gasteiger partial charge in [-0.05, 0) is 36.8 Å². The van der Waals surface area contributed by atoms with E-state index in [1.165, 1.54) is 0 Å². The van der Waals surface area contributed by atoms with E-state index in [2.05, 4.69) is 15.1 Å². The molecule has 0 aliphatic carbocycles. The standard InChI is InChI=1S/C25H33N3O4/c1-3-7-20-10-11-23(24(16-20)31-2)32-19-22(29)17-27-12-14-28(15-13-27)18-25(30)26-21-8-5-4-6-9-21/h3-11,16,22,29H,12-15,17-19H2,1-2H3,(H,26,30)/b7-3+. The van der Waals surface area contributed by atoms with Crippen LogP contribution in [0.4, 0.5) is 5.69 Å². The topological polar surface area (TPSA) is 74.3 Å². The molecule has 7 heteroatoms. The zero-order chi connectivity index (χ0) is 22.8. The number of nitrogens with zero attached hydrogens (tertiary/aromatic N) is 2. The SMILES string of the molecule is C/C=C/c1ccc(OCC(O)CN2CCN(CC(=O)Nc3ccccc3)CC2)c(OC)c1. The van der Waals surface area contributed by atoms with Gasteiger partial charge in [-0.25, -0.2) is 0 Å². The van der Waals surface area contributed by atoms with Crippen molar-refractivity contribution in [3.63, 3.8) is 0 Å². The second kappa shape index (κ2) is 12.2. The second-order valence-electron chi connectivity index (χ2n) is 7.87. The Kier molecular flexibility index (Phi) is 9.10. The Morgan fingerprint density at radius 2 is 1.81 bits per heavy atom. The van der Waals surface area contributed by atoms with Crippen LogP contribution in [0.15, 0.2) is 54.6 Å². The molecule has 1 atom stereocenters. The van der Waals surface area contributed by atoms with Gasteiger partial charge in [0, 0.05) is 38.4 Å². The number of piperazine rings is 1. The average Bonchev–Trinajstić information content (AvgIpc) is 2.80. The number of nitrogens with one attached hydrogen (secondary N) is 1. The fourth-order valence-electron chi connectivity index (χ4n) is 3.69. The van der Waals surface area contributed by atoms with E-state index in [1.807, 2.05) is 67.6 Å². The lowest BCUT2D eigenvalue weighted by Crippen LogP contribution is -2.50. The number of aliphatic hydroxyl groups is 1. The Morgan fingerprint density at radius 3 is 2.50 bits per heavy atom. The minimum Gasteiger partial charge on any atom is -0.493 e. The van der Waals surface area contributed by atoms with Gasteiger partial charge in [0.1, 0.15) is 12.7 Å². The van der Waals surface area contributed by atoms with Crippen molar-refractivity contribution in [3.8, 4) is 11.5 Å². The third-order valence-corrected chi connectivity index (χ3v) is 5.34. The number of hydrogen-bond donors (Lipinski definition) is 2. The highest BCUT2D eigenvalue weighted by Gasteiger charge is 2.21. The predicted octanol–water partition coefficient (Wildman–Crippen LogP) is 2.72. The van der Waals surface area contributed by atoms with Gasteiger partial charge in [0.25, 0.3) is 0 Å². The monoisotopic (exact) mass is 439 g/mol. The zero-order valence-corrected chi connectivity index (χ0v) is 18.9. The molecule has 1 saturated heterocycles. The number of rotatable bonds is 10. The minimum absolute atomic E-state index is 0.00696. The number of carbonyl (C=O) groups excluding carboxylic acids is 1. The Balaban J connectivity index is 1.38. The van der Waals surface area contributed by atoms with Gasteiger partial charge in [0.15, 0.2) is 11.5 Å². The van der Waals surface area contributed by atoms with Crippen LogP contribution in [0.1, 0.15) is 12.5 Å². The Bertz CT molecular complexity index is 880. The first-order valence-corrected chi connectivity index (χ1v) is 11.0. The molecule has 2 aromatic carbocycles. The van der Waals surface area contributed by atoms with Crippen LogP contribution in [0.5, 0.6) is 11.5 Å². The highest BCUT2D eigenvalue weighted by Crippen LogP contribution is 2.28. The molecule has 0 spiro atoms. The van der Waals surface area contributed by atoms with Crippen molar-refractivity contribution < 1.29 is 19.4 Å². The average molecular weight is 440 g/mol. The molecule has 0 bridgehead atoms.